The molecule has 0 unspecified atom stereocenters. The number of nitrogens with one attached hydrogen (secondary N) is 1. The monoisotopic (exact) mass is 352 g/mol. The third-order valence-electron chi connectivity index (χ3n) is 4.34. The summed E-state index contributed by atoms with van der Waals surface area (Å²) in [6.45, 7) is 4.05. The minimum atomic E-state index is -3.26. The molecule has 24 heavy (non-hydrogen) atoms. The Hall–Kier alpha value is -1.40. The lowest BCUT2D eigenvalue weighted by Crippen LogP contribution is -2.36. The van der Waals surface area contributed by atoms with Crippen molar-refractivity contribution in [3.63, 3.8) is 0 Å². The molecule has 1 aliphatic rings. The number of benzene rings is 1. The van der Waals surface area contributed by atoms with Crippen LogP contribution < -0.4 is 5.32 Å². The fourth-order valence-electron chi connectivity index (χ4n) is 2.88. The van der Waals surface area contributed by atoms with Gasteiger partial charge in [0.2, 0.25) is 10.0 Å². The first-order chi connectivity index (χ1) is 11.5. The number of rotatable bonds is 8. The van der Waals surface area contributed by atoms with Crippen LogP contribution in [0, 0.1) is 0 Å². The van der Waals surface area contributed by atoms with E-state index in [9.17, 15) is 13.2 Å². The van der Waals surface area contributed by atoms with E-state index in [0.29, 0.717) is 25.2 Å². The molecule has 1 aromatic rings. The molecular formula is C18H28N2O3S. The molecule has 1 saturated heterocycles. The highest BCUT2D eigenvalue weighted by Crippen LogP contribution is 2.17. The van der Waals surface area contributed by atoms with Crippen LogP contribution in [-0.4, -0.2) is 38.3 Å². The molecule has 1 aromatic carbocycles. The Labute approximate surface area is 145 Å². The van der Waals surface area contributed by atoms with Gasteiger partial charge < -0.3 is 5.32 Å². The van der Waals surface area contributed by atoms with Gasteiger partial charge in [0.25, 0.3) is 5.91 Å². The van der Waals surface area contributed by atoms with E-state index in [4.69, 9.17) is 0 Å². The molecule has 1 aliphatic heterocycles. The Balaban J connectivity index is 1.90. The number of nitrogens with zero attached hydrogens (tertiary/aromatic N) is 1. The topological polar surface area (TPSA) is 66.5 Å². The van der Waals surface area contributed by atoms with Gasteiger partial charge in [0, 0.05) is 25.2 Å². The summed E-state index contributed by atoms with van der Waals surface area (Å²) < 4.78 is 26.4. The molecule has 0 aromatic heterocycles. The van der Waals surface area contributed by atoms with Crippen molar-refractivity contribution >= 4 is 15.9 Å². The number of carbonyl (C=O) groups is 1. The first-order valence-electron chi connectivity index (χ1n) is 8.88. The Morgan fingerprint density at radius 2 is 1.75 bits per heavy atom. The summed E-state index contributed by atoms with van der Waals surface area (Å²) in [6.07, 6.45) is 6.19. The summed E-state index contributed by atoms with van der Waals surface area (Å²) in [7, 11) is -3.26. The lowest BCUT2D eigenvalue weighted by Gasteiger charge is -2.25. The first kappa shape index (κ1) is 18.9. The van der Waals surface area contributed by atoms with E-state index in [1.54, 1.807) is 28.6 Å². The van der Waals surface area contributed by atoms with Crippen LogP contribution in [0.5, 0.6) is 0 Å². The van der Waals surface area contributed by atoms with Gasteiger partial charge in [0.1, 0.15) is 0 Å². The van der Waals surface area contributed by atoms with E-state index in [0.717, 1.165) is 44.1 Å². The zero-order valence-corrected chi connectivity index (χ0v) is 15.3. The summed E-state index contributed by atoms with van der Waals surface area (Å²) in [5.74, 6) is -0.0951. The Bertz CT molecular complexity index is 620. The SMILES string of the molecule is CCCCCNC(=O)c1ccc(CS(=O)(=O)N2CCCCC2)cc1. The van der Waals surface area contributed by atoms with E-state index in [1.807, 2.05) is 0 Å². The number of hydrogen-bond donors (Lipinski definition) is 1. The van der Waals surface area contributed by atoms with Crippen LogP contribution in [0.1, 0.15) is 61.4 Å². The molecule has 0 radical (unpaired) electrons. The predicted octanol–water partition coefficient (Wildman–Crippen LogP) is 2.92. The minimum absolute atomic E-state index is 0.00536. The third-order valence-corrected chi connectivity index (χ3v) is 6.19. The fourth-order valence-corrected chi connectivity index (χ4v) is 4.49. The summed E-state index contributed by atoms with van der Waals surface area (Å²) in [5, 5.41) is 2.89. The number of piperidine rings is 1. The summed E-state index contributed by atoms with van der Waals surface area (Å²) >= 11 is 0. The number of sulfonamides is 1. The van der Waals surface area contributed by atoms with Crippen LogP contribution in [0.2, 0.25) is 0 Å². The van der Waals surface area contributed by atoms with Crippen LogP contribution in [-0.2, 0) is 15.8 Å². The van der Waals surface area contributed by atoms with Crippen molar-refractivity contribution in [1.29, 1.82) is 0 Å². The van der Waals surface area contributed by atoms with Gasteiger partial charge in [-0.2, -0.15) is 0 Å². The number of amides is 1. The minimum Gasteiger partial charge on any atom is -0.352 e. The van der Waals surface area contributed by atoms with Crippen molar-refractivity contribution in [2.75, 3.05) is 19.6 Å². The van der Waals surface area contributed by atoms with Crippen molar-refractivity contribution in [2.24, 2.45) is 0 Å². The molecule has 5 nitrogen and oxygen atoms in total. The Kier molecular flexibility index (Phi) is 7.24. The maximum atomic E-state index is 12.4. The van der Waals surface area contributed by atoms with E-state index < -0.39 is 10.0 Å². The standard InChI is InChI=1S/C18H28N2O3S/c1-2-3-5-12-19-18(21)17-10-8-16(9-11-17)15-24(22,23)20-13-6-4-7-14-20/h8-11H,2-7,12-15H2,1H3,(H,19,21). The van der Waals surface area contributed by atoms with Crippen LogP contribution in [0.4, 0.5) is 0 Å². The fraction of sp³-hybridized carbons (Fsp3) is 0.611. The van der Waals surface area contributed by atoms with Gasteiger partial charge >= 0.3 is 0 Å². The molecule has 0 saturated carbocycles. The molecule has 0 spiro atoms. The van der Waals surface area contributed by atoms with E-state index in [2.05, 4.69) is 12.2 Å². The lowest BCUT2D eigenvalue weighted by molar-refractivity contribution is 0.0953. The summed E-state index contributed by atoms with van der Waals surface area (Å²) in [5.41, 5.74) is 1.30. The van der Waals surface area contributed by atoms with E-state index >= 15 is 0 Å². The van der Waals surface area contributed by atoms with Crippen LogP contribution in [0.25, 0.3) is 0 Å². The predicted molar refractivity (Wildman–Crippen MR) is 96.3 cm³/mol. The molecule has 134 valence electrons. The molecule has 1 fully saturated rings. The van der Waals surface area contributed by atoms with Gasteiger partial charge in [-0.15, -0.1) is 0 Å². The Morgan fingerprint density at radius 1 is 1.08 bits per heavy atom. The number of unbranched alkanes of at least 4 members (excludes halogenated alkanes) is 2. The number of hydrogen-bond acceptors (Lipinski definition) is 3. The van der Waals surface area contributed by atoms with Gasteiger partial charge in [-0.25, -0.2) is 12.7 Å². The largest absolute Gasteiger partial charge is 0.352 e. The Morgan fingerprint density at radius 3 is 2.38 bits per heavy atom. The quantitative estimate of drug-likeness (QED) is 0.732. The molecule has 0 atom stereocenters. The molecule has 0 aliphatic carbocycles. The second-order valence-electron chi connectivity index (χ2n) is 6.38. The molecule has 1 heterocycles. The first-order valence-corrected chi connectivity index (χ1v) is 10.5. The van der Waals surface area contributed by atoms with Gasteiger partial charge in [-0.05, 0) is 37.0 Å². The highest BCUT2D eigenvalue weighted by molar-refractivity contribution is 7.88. The zero-order valence-electron chi connectivity index (χ0n) is 14.5. The van der Waals surface area contributed by atoms with Crippen LogP contribution in [0.15, 0.2) is 24.3 Å². The molecule has 2 rings (SSSR count). The second-order valence-corrected chi connectivity index (χ2v) is 8.34. The normalized spacial score (nSPS) is 16.0. The van der Waals surface area contributed by atoms with Gasteiger partial charge in [-0.1, -0.05) is 38.3 Å². The molecule has 1 N–H and O–H groups in total. The molecule has 1 amide bonds. The smallest absolute Gasteiger partial charge is 0.251 e. The maximum absolute atomic E-state index is 12.4. The molecule has 6 heteroatoms. The zero-order chi connectivity index (χ0) is 17.4. The van der Waals surface area contributed by atoms with Crippen molar-refractivity contribution in [2.45, 2.75) is 51.2 Å². The molecular weight excluding hydrogens is 324 g/mol. The van der Waals surface area contributed by atoms with Crippen LogP contribution >= 0.6 is 0 Å². The van der Waals surface area contributed by atoms with E-state index in [-0.39, 0.29) is 11.7 Å². The maximum Gasteiger partial charge on any atom is 0.251 e. The van der Waals surface area contributed by atoms with Crippen molar-refractivity contribution in [3.05, 3.63) is 35.4 Å². The highest BCUT2D eigenvalue weighted by Gasteiger charge is 2.24. The summed E-state index contributed by atoms with van der Waals surface area (Å²) in [4.78, 5) is 12.0. The van der Waals surface area contributed by atoms with Crippen molar-refractivity contribution < 1.29 is 13.2 Å². The molecule has 0 bridgehead atoms. The van der Waals surface area contributed by atoms with Crippen molar-refractivity contribution in [3.8, 4) is 0 Å². The second kappa shape index (κ2) is 9.18. The lowest BCUT2D eigenvalue weighted by atomic mass is 10.1. The summed E-state index contributed by atoms with van der Waals surface area (Å²) in [6, 6.07) is 6.89. The number of carbonyl (C=O) groups excluding carboxylic acids is 1. The van der Waals surface area contributed by atoms with Gasteiger partial charge in [-0.3, -0.25) is 4.79 Å². The highest BCUT2D eigenvalue weighted by atomic mass is 32.2. The average Bonchev–Trinajstić information content (AvgIpc) is 2.60. The van der Waals surface area contributed by atoms with Crippen LogP contribution in [0.3, 0.4) is 0 Å². The third kappa shape index (κ3) is 5.60. The van der Waals surface area contributed by atoms with Crippen molar-refractivity contribution in [1.82, 2.24) is 9.62 Å². The van der Waals surface area contributed by atoms with E-state index in [1.165, 1.54) is 0 Å². The van der Waals surface area contributed by atoms with Gasteiger partial charge in [0.15, 0.2) is 0 Å². The van der Waals surface area contributed by atoms with Gasteiger partial charge in [0.05, 0.1) is 5.75 Å². The average molecular weight is 353 g/mol.